The van der Waals surface area contributed by atoms with E-state index in [-0.39, 0.29) is 0 Å². The highest BCUT2D eigenvalue weighted by atomic mass is 16.5. The van der Waals surface area contributed by atoms with Crippen LogP contribution in [0.1, 0.15) is 12.8 Å². The molecule has 0 amide bonds. The van der Waals surface area contributed by atoms with E-state index in [4.69, 9.17) is 10.5 Å². The van der Waals surface area contributed by atoms with Crippen molar-refractivity contribution in [3.05, 3.63) is 85.3 Å². The van der Waals surface area contributed by atoms with Gasteiger partial charge in [-0.2, -0.15) is 0 Å². The van der Waals surface area contributed by atoms with E-state index in [9.17, 15) is 0 Å². The van der Waals surface area contributed by atoms with E-state index < -0.39 is 0 Å². The first kappa shape index (κ1) is 20.3. The fourth-order valence-corrected chi connectivity index (χ4v) is 4.31. The fraction of sp³-hybridized carbons (Fsp3) is 0.143. The van der Waals surface area contributed by atoms with Crippen molar-refractivity contribution in [2.75, 3.05) is 18.2 Å². The summed E-state index contributed by atoms with van der Waals surface area (Å²) in [6.45, 7) is 0. The maximum absolute atomic E-state index is 6.11. The van der Waals surface area contributed by atoms with Crippen molar-refractivity contribution in [2.24, 2.45) is 0 Å². The molecule has 0 spiro atoms. The minimum Gasteiger partial charge on any atom is -0.497 e. The second-order valence-corrected chi connectivity index (χ2v) is 8.68. The zero-order valence-electron chi connectivity index (χ0n) is 18.9. The van der Waals surface area contributed by atoms with E-state index in [0.717, 1.165) is 56.2 Å². The van der Waals surface area contributed by atoms with Crippen molar-refractivity contribution >= 4 is 22.4 Å². The molecular formula is C28H25N5O. The molecule has 6 heteroatoms. The van der Waals surface area contributed by atoms with Crippen molar-refractivity contribution in [3.63, 3.8) is 0 Å². The van der Waals surface area contributed by atoms with Gasteiger partial charge in [-0.1, -0.05) is 36.4 Å². The number of benzene rings is 3. The van der Waals surface area contributed by atoms with Gasteiger partial charge in [0.25, 0.3) is 0 Å². The van der Waals surface area contributed by atoms with E-state index in [1.807, 2.05) is 36.4 Å². The van der Waals surface area contributed by atoms with E-state index in [2.05, 4.69) is 62.4 Å². The quantitative estimate of drug-likeness (QED) is 0.316. The SMILES string of the molecule is COc1ccc(-c2ccc3c(-c4cccc(N)c4)cn(-c4cc(NC5CC5)ncn4)c3c2)cc1. The van der Waals surface area contributed by atoms with Crippen LogP contribution in [-0.4, -0.2) is 27.7 Å². The highest BCUT2D eigenvalue weighted by molar-refractivity contribution is 5.99. The third-order valence-electron chi connectivity index (χ3n) is 6.26. The highest BCUT2D eigenvalue weighted by Crippen LogP contribution is 2.36. The Morgan fingerprint density at radius 1 is 0.912 bits per heavy atom. The van der Waals surface area contributed by atoms with Crippen LogP contribution in [0.4, 0.5) is 11.5 Å². The topological polar surface area (TPSA) is 78.0 Å². The minimum absolute atomic E-state index is 0.522. The number of hydrogen-bond acceptors (Lipinski definition) is 5. The second kappa shape index (κ2) is 8.23. The van der Waals surface area contributed by atoms with Crippen LogP contribution in [-0.2, 0) is 0 Å². The lowest BCUT2D eigenvalue weighted by atomic mass is 10.0. The van der Waals surface area contributed by atoms with Crippen molar-refractivity contribution in [1.82, 2.24) is 14.5 Å². The summed E-state index contributed by atoms with van der Waals surface area (Å²) in [6, 6.07) is 25.2. The molecule has 0 aliphatic heterocycles. The first-order valence-electron chi connectivity index (χ1n) is 11.4. The molecule has 2 heterocycles. The van der Waals surface area contributed by atoms with Crippen LogP contribution in [0.25, 0.3) is 39.0 Å². The van der Waals surface area contributed by atoms with Gasteiger partial charge in [-0.15, -0.1) is 0 Å². The zero-order chi connectivity index (χ0) is 23.1. The van der Waals surface area contributed by atoms with Gasteiger partial charge in [0.1, 0.15) is 23.7 Å². The van der Waals surface area contributed by atoms with Crippen LogP contribution in [0.15, 0.2) is 85.3 Å². The van der Waals surface area contributed by atoms with Crippen molar-refractivity contribution in [1.29, 1.82) is 0 Å². The maximum atomic E-state index is 6.11. The third-order valence-corrected chi connectivity index (χ3v) is 6.26. The summed E-state index contributed by atoms with van der Waals surface area (Å²) in [4.78, 5) is 9.03. The molecule has 3 N–H and O–H groups in total. The Balaban J connectivity index is 1.52. The van der Waals surface area contributed by atoms with Gasteiger partial charge in [-0.25, -0.2) is 9.97 Å². The smallest absolute Gasteiger partial charge is 0.142 e. The predicted octanol–water partition coefficient (Wildman–Crippen LogP) is 5.92. The lowest BCUT2D eigenvalue weighted by Gasteiger charge is -2.09. The molecule has 1 aliphatic carbocycles. The molecule has 34 heavy (non-hydrogen) atoms. The van der Waals surface area contributed by atoms with Gasteiger partial charge in [0.05, 0.1) is 12.6 Å². The lowest BCUT2D eigenvalue weighted by molar-refractivity contribution is 0.415. The molecule has 1 aliphatic rings. The number of hydrogen-bond donors (Lipinski definition) is 2. The first-order chi connectivity index (χ1) is 16.7. The Bertz CT molecular complexity index is 1490. The number of fused-ring (bicyclic) bond motifs is 1. The molecule has 6 nitrogen and oxygen atoms in total. The molecule has 2 aromatic heterocycles. The number of nitrogen functional groups attached to an aromatic ring is 1. The largest absolute Gasteiger partial charge is 0.497 e. The zero-order valence-corrected chi connectivity index (χ0v) is 18.9. The van der Waals surface area contributed by atoms with Gasteiger partial charge in [0.2, 0.25) is 0 Å². The van der Waals surface area contributed by atoms with Gasteiger partial charge >= 0.3 is 0 Å². The number of anilines is 2. The highest BCUT2D eigenvalue weighted by Gasteiger charge is 2.22. The Morgan fingerprint density at radius 3 is 2.50 bits per heavy atom. The summed E-state index contributed by atoms with van der Waals surface area (Å²) in [5, 5.41) is 4.61. The number of methoxy groups -OCH3 is 1. The number of nitrogens with zero attached hydrogens (tertiary/aromatic N) is 3. The summed E-state index contributed by atoms with van der Waals surface area (Å²) in [5.74, 6) is 2.52. The number of nitrogens with one attached hydrogen (secondary N) is 1. The van der Waals surface area contributed by atoms with Gasteiger partial charge in [-0.3, -0.25) is 0 Å². The molecule has 168 valence electrons. The van der Waals surface area contributed by atoms with Crippen LogP contribution in [0.2, 0.25) is 0 Å². The molecular weight excluding hydrogens is 422 g/mol. The lowest BCUT2D eigenvalue weighted by Crippen LogP contribution is -2.05. The van der Waals surface area contributed by atoms with Gasteiger partial charge in [-0.05, 0) is 59.9 Å². The summed E-state index contributed by atoms with van der Waals surface area (Å²) < 4.78 is 7.46. The minimum atomic E-state index is 0.522. The maximum Gasteiger partial charge on any atom is 0.142 e. The van der Waals surface area contributed by atoms with Crippen molar-refractivity contribution < 1.29 is 4.74 Å². The van der Waals surface area contributed by atoms with E-state index >= 15 is 0 Å². The molecule has 0 saturated heterocycles. The predicted molar refractivity (Wildman–Crippen MR) is 137 cm³/mol. The fourth-order valence-electron chi connectivity index (χ4n) is 4.31. The molecule has 1 saturated carbocycles. The van der Waals surface area contributed by atoms with Crippen LogP contribution in [0.5, 0.6) is 5.75 Å². The number of rotatable bonds is 6. The van der Waals surface area contributed by atoms with E-state index in [0.29, 0.717) is 6.04 Å². The van der Waals surface area contributed by atoms with Crippen LogP contribution < -0.4 is 15.8 Å². The third kappa shape index (κ3) is 3.83. The van der Waals surface area contributed by atoms with E-state index in [1.165, 1.54) is 12.8 Å². The monoisotopic (exact) mass is 447 g/mol. The van der Waals surface area contributed by atoms with Crippen LogP contribution in [0.3, 0.4) is 0 Å². The van der Waals surface area contributed by atoms with Gasteiger partial charge in [0.15, 0.2) is 0 Å². The molecule has 1 fully saturated rings. The number of aromatic nitrogens is 3. The average Bonchev–Trinajstić information content (AvgIpc) is 3.60. The van der Waals surface area contributed by atoms with Crippen molar-refractivity contribution in [3.8, 4) is 33.8 Å². The summed E-state index contributed by atoms with van der Waals surface area (Å²) >= 11 is 0. The Kier molecular flexibility index (Phi) is 4.91. The Morgan fingerprint density at radius 2 is 1.74 bits per heavy atom. The summed E-state index contributed by atoms with van der Waals surface area (Å²) in [5.41, 5.74) is 12.4. The van der Waals surface area contributed by atoms with Crippen molar-refractivity contribution in [2.45, 2.75) is 18.9 Å². The van der Waals surface area contributed by atoms with Crippen LogP contribution in [0, 0.1) is 0 Å². The van der Waals surface area contributed by atoms with Gasteiger partial charge < -0.3 is 20.4 Å². The van der Waals surface area contributed by atoms with Crippen LogP contribution >= 0.6 is 0 Å². The Labute approximate surface area is 198 Å². The van der Waals surface area contributed by atoms with Gasteiger partial charge in [0, 0.05) is 34.9 Å². The van der Waals surface area contributed by atoms with E-state index in [1.54, 1.807) is 13.4 Å². The molecule has 3 aromatic carbocycles. The molecule has 0 bridgehead atoms. The Hall–Kier alpha value is -4.32. The molecule has 0 unspecified atom stereocenters. The summed E-state index contributed by atoms with van der Waals surface area (Å²) in [7, 11) is 1.68. The molecule has 6 rings (SSSR count). The standard InChI is InChI=1S/C28H25N5O/c1-34-23-10-5-18(6-11-23)19-7-12-24-25(20-3-2-4-21(29)13-20)16-33(26(24)14-19)28-15-27(30-17-31-28)32-22-8-9-22/h2-7,10-17,22H,8-9,29H2,1H3,(H,30,31,32). The number of ether oxygens (including phenoxy) is 1. The molecule has 5 aromatic rings. The first-order valence-corrected chi connectivity index (χ1v) is 11.4. The molecule has 0 radical (unpaired) electrons. The molecule has 0 atom stereocenters. The average molecular weight is 448 g/mol. The normalized spacial score (nSPS) is 13.2. The second-order valence-electron chi connectivity index (χ2n) is 8.68. The number of nitrogens with two attached hydrogens (primary N) is 1. The summed E-state index contributed by atoms with van der Waals surface area (Å²) in [6.07, 6.45) is 6.15.